The Morgan fingerprint density at radius 1 is 1.13 bits per heavy atom. The van der Waals surface area contributed by atoms with Gasteiger partial charge in [0.2, 0.25) is 0 Å². The first-order valence-corrected chi connectivity index (χ1v) is 10.3. The molecule has 5 rings (SSSR count). The largest absolute Gasteiger partial charge is 0.481 e. The van der Waals surface area contributed by atoms with Crippen LogP contribution in [0.1, 0.15) is 45.1 Å². The number of halogens is 2. The van der Waals surface area contributed by atoms with Crippen LogP contribution in [0, 0.1) is 5.82 Å². The summed E-state index contributed by atoms with van der Waals surface area (Å²) >= 11 is 6.26. The van der Waals surface area contributed by atoms with Crippen LogP contribution in [0.5, 0.6) is 5.75 Å². The summed E-state index contributed by atoms with van der Waals surface area (Å²) in [4.78, 5) is 12.4. The standard InChI is InChI=1S/C23H20ClFN4O2/c1-11(2)20-28-22(31-29-20)12-8-9-13-16(10-12)30-23(3,4)19-18(13)26-21(27-19)17-14(24)6-5-7-15(17)25/h5-11H,1-4H3,(H,26,27). The van der Waals surface area contributed by atoms with Crippen LogP contribution in [0.15, 0.2) is 40.9 Å². The molecule has 158 valence electrons. The fourth-order valence-electron chi connectivity index (χ4n) is 3.69. The topological polar surface area (TPSA) is 76.8 Å². The molecule has 2 aromatic heterocycles. The van der Waals surface area contributed by atoms with Crippen LogP contribution in [-0.2, 0) is 5.60 Å². The molecule has 0 saturated carbocycles. The Balaban J connectivity index is 1.63. The van der Waals surface area contributed by atoms with Crippen molar-refractivity contribution in [1.29, 1.82) is 0 Å². The molecule has 1 N–H and O–H groups in total. The second-order valence-electron chi connectivity index (χ2n) is 8.34. The highest BCUT2D eigenvalue weighted by Gasteiger charge is 2.37. The van der Waals surface area contributed by atoms with E-state index < -0.39 is 11.4 Å². The number of ether oxygens (including phenoxy) is 1. The van der Waals surface area contributed by atoms with Crippen LogP contribution < -0.4 is 4.74 Å². The maximum Gasteiger partial charge on any atom is 0.258 e. The van der Waals surface area contributed by atoms with E-state index in [0.29, 0.717) is 29.0 Å². The molecule has 0 saturated heterocycles. The van der Waals surface area contributed by atoms with Crippen LogP contribution in [0.4, 0.5) is 4.39 Å². The Morgan fingerprint density at radius 3 is 2.65 bits per heavy atom. The summed E-state index contributed by atoms with van der Waals surface area (Å²) in [6.07, 6.45) is 0. The molecule has 6 nitrogen and oxygen atoms in total. The smallest absolute Gasteiger partial charge is 0.258 e. The lowest BCUT2D eigenvalue weighted by atomic mass is 9.94. The highest BCUT2D eigenvalue weighted by molar-refractivity contribution is 6.33. The molecule has 0 fully saturated rings. The third kappa shape index (κ3) is 3.20. The first kappa shape index (κ1) is 19.8. The van der Waals surface area contributed by atoms with Crippen LogP contribution >= 0.6 is 11.6 Å². The molecule has 0 unspecified atom stereocenters. The van der Waals surface area contributed by atoms with E-state index in [0.717, 1.165) is 16.8 Å². The van der Waals surface area contributed by atoms with Crippen molar-refractivity contribution in [2.24, 2.45) is 0 Å². The highest BCUT2D eigenvalue weighted by Crippen LogP contribution is 2.46. The quantitative estimate of drug-likeness (QED) is 0.404. The number of nitrogens with one attached hydrogen (secondary N) is 1. The van der Waals surface area contributed by atoms with Crippen LogP contribution in [0.2, 0.25) is 5.02 Å². The summed E-state index contributed by atoms with van der Waals surface area (Å²) in [5, 5.41) is 4.32. The highest BCUT2D eigenvalue weighted by atomic mass is 35.5. The number of hydrogen-bond donors (Lipinski definition) is 1. The lowest BCUT2D eigenvalue weighted by molar-refractivity contribution is 0.101. The number of aromatic nitrogens is 4. The summed E-state index contributed by atoms with van der Waals surface area (Å²) < 4.78 is 26.2. The normalized spacial score (nSPS) is 14.3. The minimum absolute atomic E-state index is 0.167. The number of benzene rings is 2. The third-order valence-electron chi connectivity index (χ3n) is 5.31. The van der Waals surface area contributed by atoms with E-state index in [2.05, 4.69) is 15.1 Å². The maximum absolute atomic E-state index is 14.5. The lowest BCUT2D eigenvalue weighted by Crippen LogP contribution is -2.29. The first-order chi connectivity index (χ1) is 14.7. The van der Waals surface area contributed by atoms with Crippen molar-refractivity contribution in [1.82, 2.24) is 20.1 Å². The van der Waals surface area contributed by atoms with E-state index in [4.69, 9.17) is 25.8 Å². The van der Waals surface area contributed by atoms with Gasteiger partial charge in [0.05, 0.1) is 22.0 Å². The number of hydrogen-bond acceptors (Lipinski definition) is 5. The van der Waals surface area contributed by atoms with Gasteiger partial charge in [-0.15, -0.1) is 0 Å². The minimum Gasteiger partial charge on any atom is -0.481 e. The molecule has 0 aliphatic carbocycles. The van der Waals surface area contributed by atoms with Crippen molar-refractivity contribution in [3.8, 4) is 39.8 Å². The Kier molecular flexibility index (Phi) is 4.41. The first-order valence-electron chi connectivity index (χ1n) is 9.97. The number of rotatable bonds is 3. The molecule has 0 atom stereocenters. The maximum atomic E-state index is 14.5. The minimum atomic E-state index is -0.720. The zero-order chi connectivity index (χ0) is 21.9. The summed E-state index contributed by atoms with van der Waals surface area (Å²) in [7, 11) is 0. The van der Waals surface area contributed by atoms with Gasteiger partial charge in [0.25, 0.3) is 5.89 Å². The molecule has 0 bridgehead atoms. The molecule has 1 aliphatic rings. The SMILES string of the molecule is CC(C)c1noc(-c2ccc3c(c2)OC(C)(C)c2[nH]c(-c4c(F)cccc4Cl)nc2-3)n1. The van der Waals surface area contributed by atoms with Crippen molar-refractivity contribution in [2.45, 2.75) is 39.2 Å². The summed E-state index contributed by atoms with van der Waals surface area (Å²) in [5.74, 6) is 1.80. The van der Waals surface area contributed by atoms with Gasteiger partial charge in [-0.1, -0.05) is 36.7 Å². The molecule has 31 heavy (non-hydrogen) atoms. The summed E-state index contributed by atoms with van der Waals surface area (Å²) in [6.45, 7) is 7.86. The van der Waals surface area contributed by atoms with Gasteiger partial charge in [0.15, 0.2) is 5.82 Å². The van der Waals surface area contributed by atoms with Gasteiger partial charge in [-0.05, 0) is 44.2 Å². The van der Waals surface area contributed by atoms with Crippen molar-refractivity contribution in [3.05, 3.63) is 58.8 Å². The van der Waals surface area contributed by atoms with Gasteiger partial charge in [0, 0.05) is 17.0 Å². The van der Waals surface area contributed by atoms with Crippen LogP contribution in [0.3, 0.4) is 0 Å². The summed E-state index contributed by atoms with van der Waals surface area (Å²) in [6, 6.07) is 10.2. The van der Waals surface area contributed by atoms with Gasteiger partial charge in [-0.25, -0.2) is 9.37 Å². The predicted molar refractivity (Wildman–Crippen MR) is 115 cm³/mol. The Morgan fingerprint density at radius 2 is 1.94 bits per heavy atom. The molecule has 1 aliphatic heterocycles. The van der Waals surface area contributed by atoms with E-state index >= 15 is 0 Å². The fourth-order valence-corrected chi connectivity index (χ4v) is 3.95. The van der Waals surface area contributed by atoms with Gasteiger partial charge in [-0.2, -0.15) is 4.98 Å². The molecular weight excluding hydrogens is 419 g/mol. The van der Waals surface area contributed by atoms with Gasteiger partial charge >= 0.3 is 0 Å². The predicted octanol–water partition coefficient (Wildman–Crippen LogP) is 6.34. The van der Waals surface area contributed by atoms with Crippen molar-refractivity contribution >= 4 is 11.6 Å². The monoisotopic (exact) mass is 438 g/mol. The molecular formula is C23H20ClFN4O2. The molecule has 8 heteroatoms. The molecule has 2 aromatic carbocycles. The van der Waals surface area contributed by atoms with Crippen LogP contribution in [-0.4, -0.2) is 20.1 Å². The van der Waals surface area contributed by atoms with Gasteiger partial charge in [-0.3, -0.25) is 0 Å². The zero-order valence-electron chi connectivity index (χ0n) is 17.5. The van der Waals surface area contributed by atoms with E-state index in [1.807, 2.05) is 45.9 Å². The van der Waals surface area contributed by atoms with Gasteiger partial charge in [0.1, 0.15) is 23.0 Å². The lowest BCUT2D eigenvalue weighted by Gasteiger charge is -2.31. The Hall–Kier alpha value is -3.19. The summed E-state index contributed by atoms with van der Waals surface area (Å²) in [5.41, 5.74) is 2.51. The molecule has 0 spiro atoms. The second-order valence-corrected chi connectivity index (χ2v) is 8.75. The number of nitrogens with zero attached hydrogens (tertiary/aromatic N) is 3. The number of fused-ring (bicyclic) bond motifs is 3. The number of aromatic amines is 1. The molecule has 0 amide bonds. The van der Waals surface area contributed by atoms with Crippen LogP contribution in [0.25, 0.3) is 34.1 Å². The molecule has 3 heterocycles. The van der Waals surface area contributed by atoms with Gasteiger partial charge < -0.3 is 14.2 Å². The Bertz CT molecular complexity index is 1290. The van der Waals surface area contributed by atoms with Crippen molar-refractivity contribution in [2.75, 3.05) is 0 Å². The van der Waals surface area contributed by atoms with Crippen molar-refractivity contribution in [3.63, 3.8) is 0 Å². The molecule has 4 aromatic rings. The average molecular weight is 439 g/mol. The second kappa shape index (κ2) is 6.92. The van der Waals surface area contributed by atoms with E-state index in [1.165, 1.54) is 6.07 Å². The number of imidazole rings is 1. The Labute approximate surface area is 183 Å². The van der Waals surface area contributed by atoms with E-state index in [9.17, 15) is 4.39 Å². The average Bonchev–Trinajstić information content (AvgIpc) is 3.36. The zero-order valence-corrected chi connectivity index (χ0v) is 18.2. The van der Waals surface area contributed by atoms with E-state index in [-0.39, 0.29) is 16.5 Å². The van der Waals surface area contributed by atoms with E-state index in [1.54, 1.807) is 12.1 Å². The van der Waals surface area contributed by atoms with Crippen molar-refractivity contribution < 1.29 is 13.7 Å². The molecule has 0 radical (unpaired) electrons. The fraction of sp³-hybridized carbons (Fsp3) is 0.261. The third-order valence-corrected chi connectivity index (χ3v) is 5.63. The number of H-pyrrole nitrogens is 1.